The van der Waals surface area contributed by atoms with Crippen LogP contribution in [0, 0.1) is 0 Å². The Balaban J connectivity index is 1.57. The van der Waals surface area contributed by atoms with Crippen molar-refractivity contribution in [1.82, 2.24) is 9.97 Å². The van der Waals surface area contributed by atoms with E-state index < -0.39 is 17.6 Å². The van der Waals surface area contributed by atoms with Crippen molar-refractivity contribution < 1.29 is 22.8 Å². The molecule has 0 saturated carbocycles. The molecule has 3 aromatic rings. The number of urea groups is 1. The maximum Gasteiger partial charge on any atom is 0.416 e. The molecular formula is C21H15ClF3N5O2. The van der Waals surface area contributed by atoms with E-state index >= 15 is 0 Å². The maximum absolute atomic E-state index is 12.9. The topological polar surface area (TPSA) is 78.4 Å². The fourth-order valence-electron chi connectivity index (χ4n) is 3.28. The smallest absolute Gasteiger partial charge is 0.322 e. The lowest BCUT2D eigenvalue weighted by atomic mass is 10.1. The van der Waals surface area contributed by atoms with Gasteiger partial charge < -0.3 is 5.32 Å². The van der Waals surface area contributed by atoms with Gasteiger partial charge >= 0.3 is 12.2 Å². The van der Waals surface area contributed by atoms with E-state index in [0.717, 1.165) is 12.1 Å². The Labute approximate surface area is 185 Å². The van der Waals surface area contributed by atoms with Crippen LogP contribution in [0.4, 0.5) is 35.2 Å². The second-order valence-electron chi connectivity index (χ2n) is 7.00. The van der Waals surface area contributed by atoms with Gasteiger partial charge in [-0.05, 0) is 48.0 Å². The van der Waals surface area contributed by atoms with Gasteiger partial charge in [-0.25, -0.2) is 9.78 Å². The van der Waals surface area contributed by atoms with Crippen LogP contribution in [0.25, 0.3) is 0 Å². The van der Waals surface area contributed by atoms with E-state index in [1.165, 1.54) is 28.1 Å². The van der Waals surface area contributed by atoms with E-state index in [1.54, 1.807) is 31.3 Å². The van der Waals surface area contributed by atoms with Gasteiger partial charge in [0.15, 0.2) is 0 Å². The largest absolute Gasteiger partial charge is 0.416 e. The first kappa shape index (κ1) is 21.6. The number of carbonyl (C=O) groups is 2. The van der Waals surface area contributed by atoms with Crippen molar-refractivity contribution in [2.75, 3.05) is 22.2 Å². The number of nitrogens with one attached hydrogen (secondary N) is 1. The molecular weight excluding hydrogens is 447 g/mol. The summed E-state index contributed by atoms with van der Waals surface area (Å²) in [5, 5.41) is 2.59. The number of hydrogen-bond acceptors (Lipinski definition) is 4. The third kappa shape index (κ3) is 4.22. The Morgan fingerprint density at radius 1 is 1.16 bits per heavy atom. The summed E-state index contributed by atoms with van der Waals surface area (Å²) in [6.45, 7) is 0.181. The lowest BCUT2D eigenvalue weighted by molar-refractivity contribution is -0.137. The molecule has 0 spiro atoms. The zero-order chi connectivity index (χ0) is 23.0. The van der Waals surface area contributed by atoms with Crippen LogP contribution >= 0.6 is 11.6 Å². The molecule has 7 nitrogen and oxygen atoms in total. The average molecular weight is 462 g/mol. The highest BCUT2D eigenvalue weighted by Crippen LogP contribution is 2.32. The van der Waals surface area contributed by atoms with Crippen LogP contribution in [0.5, 0.6) is 0 Å². The molecule has 0 atom stereocenters. The van der Waals surface area contributed by atoms with Crippen LogP contribution in [0.15, 0.2) is 54.7 Å². The van der Waals surface area contributed by atoms with E-state index in [4.69, 9.17) is 11.6 Å². The molecule has 0 aliphatic carbocycles. The van der Waals surface area contributed by atoms with Gasteiger partial charge in [0.05, 0.1) is 12.1 Å². The molecule has 164 valence electrons. The van der Waals surface area contributed by atoms with E-state index in [9.17, 15) is 22.8 Å². The van der Waals surface area contributed by atoms with Gasteiger partial charge in [-0.1, -0.05) is 12.1 Å². The first-order valence-corrected chi connectivity index (χ1v) is 9.66. The first-order chi connectivity index (χ1) is 15.1. The van der Waals surface area contributed by atoms with E-state index in [2.05, 4.69) is 15.3 Å². The molecule has 4 rings (SSSR count). The number of anilines is 3. The van der Waals surface area contributed by atoms with Crippen molar-refractivity contribution in [3.8, 4) is 0 Å². The number of halogens is 4. The minimum atomic E-state index is -4.55. The number of nitrogens with zero attached hydrogens (tertiary/aromatic N) is 4. The van der Waals surface area contributed by atoms with Crippen molar-refractivity contribution in [3.05, 3.63) is 76.7 Å². The van der Waals surface area contributed by atoms with Crippen molar-refractivity contribution in [1.29, 1.82) is 0 Å². The molecule has 0 radical (unpaired) electrons. The number of rotatable bonds is 3. The van der Waals surface area contributed by atoms with Crippen molar-refractivity contribution in [2.45, 2.75) is 12.7 Å². The third-order valence-electron chi connectivity index (χ3n) is 4.84. The highest BCUT2D eigenvalue weighted by Gasteiger charge is 2.32. The fourth-order valence-corrected chi connectivity index (χ4v) is 3.41. The van der Waals surface area contributed by atoms with Crippen molar-refractivity contribution in [3.63, 3.8) is 0 Å². The molecule has 11 heteroatoms. The van der Waals surface area contributed by atoms with Crippen molar-refractivity contribution in [2.24, 2.45) is 0 Å². The summed E-state index contributed by atoms with van der Waals surface area (Å²) in [4.78, 5) is 36.2. The zero-order valence-electron chi connectivity index (χ0n) is 16.5. The number of carbonyl (C=O) groups excluding carboxylic acids is 2. The summed E-state index contributed by atoms with van der Waals surface area (Å²) in [5.41, 5.74) is 0.418. The molecule has 0 fully saturated rings. The van der Waals surface area contributed by atoms with Gasteiger partial charge in [0.1, 0.15) is 5.82 Å². The molecule has 0 saturated heterocycles. The number of alkyl halides is 3. The summed E-state index contributed by atoms with van der Waals surface area (Å²) in [6.07, 6.45) is -3.03. The van der Waals surface area contributed by atoms with Crippen molar-refractivity contribution >= 4 is 40.7 Å². The Morgan fingerprint density at radius 2 is 1.91 bits per heavy atom. The normalized spacial score (nSPS) is 13.7. The Bertz CT molecular complexity index is 1220. The number of fused-ring (bicyclic) bond motifs is 1. The molecule has 3 amide bonds. The average Bonchev–Trinajstić information content (AvgIpc) is 2.76. The zero-order valence-corrected chi connectivity index (χ0v) is 17.3. The molecule has 1 N–H and O–H groups in total. The quantitative estimate of drug-likeness (QED) is 0.558. The van der Waals surface area contributed by atoms with Crippen LogP contribution in [0.3, 0.4) is 0 Å². The Hall–Kier alpha value is -3.66. The summed E-state index contributed by atoms with van der Waals surface area (Å²) < 4.78 is 38.8. The lowest BCUT2D eigenvalue weighted by Crippen LogP contribution is -2.45. The van der Waals surface area contributed by atoms with Gasteiger partial charge in [0, 0.05) is 35.7 Å². The lowest BCUT2D eigenvalue weighted by Gasteiger charge is -2.34. The predicted molar refractivity (Wildman–Crippen MR) is 113 cm³/mol. The van der Waals surface area contributed by atoms with Gasteiger partial charge in [0.25, 0.3) is 5.91 Å². The van der Waals surface area contributed by atoms with Crippen LogP contribution in [0.1, 0.15) is 21.5 Å². The van der Waals surface area contributed by atoms with E-state index in [0.29, 0.717) is 22.8 Å². The molecule has 1 aliphatic heterocycles. The molecule has 1 aromatic heterocycles. The first-order valence-electron chi connectivity index (χ1n) is 9.29. The molecule has 32 heavy (non-hydrogen) atoms. The predicted octanol–water partition coefficient (Wildman–Crippen LogP) is 4.98. The summed E-state index contributed by atoms with van der Waals surface area (Å²) in [5.74, 6) is -0.302. The van der Waals surface area contributed by atoms with Crippen LogP contribution in [0.2, 0.25) is 5.28 Å². The van der Waals surface area contributed by atoms with Crippen LogP contribution < -0.4 is 15.1 Å². The Kier molecular flexibility index (Phi) is 5.47. The monoisotopic (exact) mass is 461 g/mol. The molecule has 2 heterocycles. The third-order valence-corrected chi connectivity index (χ3v) is 5.03. The second-order valence-corrected chi connectivity index (χ2v) is 7.34. The summed E-state index contributed by atoms with van der Waals surface area (Å²) in [6, 6.07) is 10.2. The number of amides is 3. The highest BCUT2D eigenvalue weighted by molar-refractivity contribution is 6.28. The standard InChI is InChI=1S/C21H15ClF3N5O2/c1-29-17-13(10-26-19(22)28-17)11-30(20(29)32)16-7-3-6-15(9-16)27-18(31)12-4-2-5-14(8-12)21(23,24)25/h2-10H,11H2,1H3,(H,27,31). The minimum absolute atomic E-state index is 0.0242. The SMILES string of the molecule is CN1C(=O)N(c2cccc(NC(=O)c3cccc(C(F)(F)F)c3)c2)Cc2cnc(Cl)nc21. The summed E-state index contributed by atoms with van der Waals surface area (Å²) in [7, 11) is 1.55. The number of aromatic nitrogens is 2. The molecule has 0 bridgehead atoms. The number of hydrogen-bond donors (Lipinski definition) is 1. The Morgan fingerprint density at radius 3 is 2.66 bits per heavy atom. The van der Waals surface area contributed by atoms with E-state index in [1.807, 2.05) is 0 Å². The maximum atomic E-state index is 12.9. The molecule has 0 unspecified atom stereocenters. The van der Waals surface area contributed by atoms with Gasteiger partial charge in [-0.2, -0.15) is 18.2 Å². The van der Waals surface area contributed by atoms with E-state index in [-0.39, 0.29) is 23.4 Å². The van der Waals surface area contributed by atoms with Crippen LogP contribution in [-0.4, -0.2) is 29.0 Å². The van der Waals surface area contributed by atoms with Gasteiger partial charge in [-0.3, -0.25) is 14.6 Å². The fraction of sp³-hybridized carbons (Fsp3) is 0.143. The second kappa shape index (κ2) is 8.12. The highest BCUT2D eigenvalue weighted by atomic mass is 35.5. The van der Waals surface area contributed by atoms with Gasteiger partial charge in [-0.15, -0.1) is 0 Å². The minimum Gasteiger partial charge on any atom is -0.322 e. The molecule has 1 aliphatic rings. The molecule has 2 aromatic carbocycles. The summed E-state index contributed by atoms with van der Waals surface area (Å²) >= 11 is 5.82. The van der Waals surface area contributed by atoms with Crippen LogP contribution in [-0.2, 0) is 12.7 Å². The number of benzene rings is 2. The van der Waals surface area contributed by atoms with Gasteiger partial charge in [0.2, 0.25) is 5.28 Å².